The molecule has 3 heteroatoms. The lowest BCUT2D eigenvalue weighted by Gasteiger charge is -2.02. The highest BCUT2D eigenvalue weighted by molar-refractivity contribution is 5.94. The maximum Gasteiger partial charge on any atom is 0.359 e. The Kier molecular flexibility index (Phi) is 1.41. The van der Waals surface area contributed by atoms with E-state index in [1.165, 1.54) is 0 Å². The summed E-state index contributed by atoms with van der Waals surface area (Å²) < 4.78 is 4.75. The van der Waals surface area contributed by atoms with E-state index in [-0.39, 0.29) is 12.6 Å². The van der Waals surface area contributed by atoms with Crippen LogP contribution in [0.2, 0.25) is 0 Å². The van der Waals surface area contributed by atoms with Crippen molar-refractivity contribution in [1.82, 2.24) is 0 Å². The van der Waals surface area contributed by atoms with E-state index in [1.807, 2.05) is 18.2 Å². The third kappa shape index (κ3) is 0.833. The third-order valence-electron chi connectivity index (χ3n) is 2.02. The van der Waals surface area contributed by atoms with Crippen molar-refractivity contribution in [1.29, 1.82) is 0 Å². The van der Waals surface area contributed by atoms with Crippen LogP contribution in [0.1, 0.15) is 5.56 Å². The van der Waals surface area contributed by atoms with E-state index in [0.717, 1.165) is 5.56 Å². The molecule has 1 aliphatic heterocycles. The molecule has 62 valence electrons. The van der Waals surface area contributed by atoms with Crippen LogP contribution in [0.4, 0.5) is 0 Å². The molecule has 2 rings (SSSR count). The number of rotatable bonds is 2. The Morgan fingerprint density at radius 3 is 2.33 bits per heavy atom. The Morgan fingerprint density at radius 2 is 1.92 bits per heavy atom. The number of aliphatic hydroxyl groups excluding tert-OH is 1. The van der Waals surface area contributed by atoms with Crippen LogP contribution < -0.4 is 0 Å². The van der Waals surface area contributed by atoms with Gasteiger partial charge in [-0.3, -0.25) is 0 Å². The highest BCUT2D eigenvalue weighted by atomic mass is 16.7. The van der Waals surface area contributed by atoms with Crippen LogP contribution in [0, 0.1) is 0 Å². The molecule has 1 atom stereocenters. The van der Waals surface area contributed by atoms with Gasteiger partial charge in [-0.15, -0.1) is 0 Å². The van der Waals surface area contributed by atoms with Gasteiger partial charge < -0.3 is 9.84 Å². The summed E-state index contributed by atoms with van der Waals surface area (Å²) in [6, 6.07) is 8.99. The Morgan fingerprint density at radius 1 is 1.33 bits per heavy atom. The van der Waals surface area contributed by atoms with Crippen LogP contribution in [0.5, 0.6) is 0 Å². The van der Waals surface area contributed by atoms with E-state index < -0.39 is 5.60 Å². The Bertz CT molecular complexity index is 307. The summed E-state index contributed by atoms with van der Waals surface area (Å²) in [7, 11) is 0. The maximum atomic E-state index is 10.9. The van der Waals surface area contributed by atoms with Crippen molar-refractivity contribution in [3.63, 3.8) is 0 Å². The summed E-state index contributed by atoms with van der Waals surface area (Å²) in [5.74, 6) is -0.351. The molecule has 1 aromatic rings. The van der Waals surface area contributed by atoms with Gasteiger partial charge in [0.05, 0.1) is 6.61 Å². The van der Waals surface area contributed by atoms with Gasteiger partial charge in [-0.1, -0.05) is 30.3 Å². The van der Waals surface area contributed by atoms with Gasteiger partial charge in [-0.25, -0.2) is 4.79 Å². The molecule has 12 heavy (non-hydrogen) atoms. The number of carbonyl (C=O) groups excluding carboxylic acids is 1. The molecule has 0 aliphatic carbocycles. The van der Waals surface area contributed by atoms with Crippen molar-refractivity contribution >= 4 is 5.97 Å². The molecule has 0 aromatic heterocycles. The lowest BCUT2D eigenvalue weighted by Crippen LogP contribution is -2.15. The lowest BCUT2D eigenvalue weighted by molar-refractivity contribution is -0.117. The Balaban J connectivity index is 2.37. The summed E-state index contributed by atoms with van der Waals surface area (Å²) >= 11 is 0. The Hall–Kier alpha value is -1.35. The molecule has 0 radical (unpaired) electrons. The van der Waals surface area contributed by atoms with Gasteiger partial charge in [0.1, 0.15) is 0 Å². The second-order valence-corrected chi connectivity index (χ2v) is 2.74. The van der Waals surface area contributed by atoms with Crippen LogP contribution in [-0.2, 0) is 15.1 Å². The third-order valence-corrected chi connectivity index (χ3v) is 2.02. The molecule has 1 aliphatic rings. The van der Waals surface area contributed by atoms with E-state index in [9.17, 15) is 4.79 Å². The van der Waals surface area contributed by atoms with Crippen molar-refractivity contribution in [2.75, 3.05) is 6.61 Å². The zero-order valence-electron chi connectivity index (χ0n) is 6.36. The number of ether oxygens (including phenoxy) is 1. The van der Waals surface area contributed by atoms with E-state index in [4.69, 9.17) is 9.84 Å². The molecule has 0 amide bonds. The van der Waals surface area contributed by atoms with Crippen LogP contribution in [-0.4, -0.2) is 17.7 Å². The number of aliphatic hydroxyl groups is 1. The monoisotopic (exact) mass is 164 g/mol. The molecule has 3 nitrogen and oxygen atoms in total. The number of hydrogen-bond acceptors (Lipinski definition) is 3. The minimum atomic E-state index is -1.04. The first-order valence-corrected chi connectivity index (χ1v) is 3.69. The summed E-state index contributed by atoms with van der Waals surface area (Å²) in [5, 5.41) is 8.93. The molecular weight excluding hydrogens is 156 g/mol. The molecular formula is C9H8O3. The van der Waals surface area contributed by atoms with Crippen LogP contribution in [0.25, 0.3) is 0 Å². The average molecular weight is 164 g/mol. The summed E-state index contributed by atoms with van der Waals surface area (Å²) in [5.41, 5.74) is -0.321. The van der Waals surface area contributed by atoms with Gasteiger partial charge in [-0.2, -0.15) is 0 Å². The predicted octanol–water partition coefficient (Wildman–Crippen LogP) is 0.431. The molecule has 1 N–H and O–H groups in total. The molecule has 1 heterocycles. The molecule has 1 fully saturated rings. The maximum absolute atomic E-state index is 10.9. The molecule has 0 bridgehead atoms. The first-order chi connectivity index (χ1) is 5.79. The minimum Gasteiger partial charge on any atom is -0.436 e. The molecule has 0 saturated carbocycles. The average Bonchev–Trinajstić information content (AvgIpc) is 2.80. The highest BCUT2D eigenvalue weighted by Gasteiger charge is 2.59. The van der Waals surface area contributed by atoms with E-state index in [2.05, 4.69) is 0 Å². The van der Waals surface area contributed by atoms with E-state index >= 15 is 0 Å². The fraction of sp³-hybridized carbons (Fsp3) is 0.222. The summed E-state index contributed by atoms with van der Waals surface area (Å²) in [4.78, 5) is 10.9. The van der Waals surface area contributed by atoms with Crippen molar-refractivity contribution in [2.45, 2.75) is 5.60 Å². The number of cyclic esters (lactones) is 1. The second kappa shape index (κ2) is 2.32. The Labute approximate surface area is 69.6 Å². The predicted molar refractivity (Wildman–Crippen MR) is 41.3 cm³/mol. The number of epoxide rings is 1. The standard InChI is InChI=1S/C9H8O3/c10-6-9(8(11)12-9)7-4-2-1-3-5-7/h1-5,10H,6H2/t9-/m0/s1. The number of benzene rings is 1. The van der Waals surface area contributed by atoms with Crippen LogP contribution in [0.15, 0.2) is 30.3 Å². The minimum absolute atomic E-state index is 0.282. The zero-order valence-corrected chi connectivity index (χ0v) is 6.36. The zero-order chi connectivity index (χ0) is 8.60. The van der Waals surface area contributed by atoms with E-state index in [0.29, 0.717) is 0 Å². The van der Waals surface area contributed by atoms with Gasteiger partial charge in [-0.05, 0) is 0 Å². The second-order valence-electron chi connectivity index (χ2n) is 2.74. The SMILES string of the molecule is O=C1O[C@@]1(CO)c1ccccc1. The van der Waals surface area contributed by atoms with Gasteiger partial charge in [0, 0.05) is 5.56 Å². The van der Waals surface area contributed by atoms with Gasteiger partial charge in [0.2, 0.25) is 0 Å². The number of hydrogen-bond donors (Lipinski definition) is 1. The molecule has 0 spiro atoms. The molecule has 1 saturated heterocycles. The van der Waals surface area contributed by atoms with Crippen LogP contribution >= 0.6 is 0 Å². The van der Waals surface area contributed by atoms with Crippen molar-refractivity contribution in [2.24, 2.45) is 0 Å². The smallest absolute Gasteiger partial charge is 0.359 e. The summed E-state index contributed by atoms with van der Waals surface area (Å²) in [6.45, 7) is -0.282. The largest absolute Gasteiger partial charge is 0.436 e. The fourth-order valence-corrected chi connectivity index (χ4v) is 1.20. The van der Waals surface area contributed by atoms with Gasteiger partial charge in [0.25, 0.3) is 5.60 Å². The topological polar surface area (TPSA) is 49.8 Å². The first kappa shape index (κ1) is 7.31. The lowest BCUT2D eigenvalue weighted by atomic mass is 10.0. The van der Waals surface area contributed by atoms with Crippen molar-refractivity contribution in [3.05, 3.63) is 35.9 Å². The fourth-order valence-electron chi connectivity index (χ4n) is 1.20. The van der Waals surface area contributed by atoms with Gasteiger partial charge in [0.15, 0.2) is 0 Å². The number of carbonyl (C=O) groups is 1. The summed E-state index contributed by atoms with van der Waals surface area (Å²) in [6.07, 6.45) is 0. The highest BCUT2D eigenvalue weighted by Crippen LogP contribution is 2.39. The van der Waals surface area contributed by atoms with Gasteiger partial charge >= 0.3 is 5.97 Å². The first-order valence-electron chi connectivity index (χ1n) is 3.69. The van der Waals surface area contributed by atoms with Crippen LogP contribution in [0.3, 0.4) is 0 Å². The quantitative estimate of drug-likeness (QED) is 0.645. The van der Waals surface area contributed by atoms with E-state index in [1.54, 1.807) is 12.1 Å². The van der Waals surface area contributed by atoms with Crippen molar-refractivity contribution in [3.8, 4) is 0 Å². The molecule has 1 aromatic carbocycles. The molecule has 0 unspecified atom stereocenters. The normalized spacial score (nSPS) is 26.6. The van der Waals surface area contributed by atoms with Crippen molar-refractivity contribution < 1.29 is 14.6 Å².